The normalized spacial score (nSPS) is 11.5. The Balaban J connectivity index is 3.60. The number of carbonyl (C=O) groups excluding carboxylic acids is 1. The minimum atomic E-state index is -0.134. The summed E-state index contributed by atoms with van der Waals surface area (Å²) < 4.78 is 4.56. The largest absolute Gasteiger partial charge is 0.469 e. The summed E-state index contributed by atoms with van der Waals surface area (Å²) in [4.78, 5) is 10.8. The first-order valence-corrected chi connectivity index (χ1v) is 6.48. The van der Waals surface area contributed by atoms with Crippen LogP contribution in [0.15, 0.2) is 48.6 Å². The number of carbonyl (C=O) groups is 1. The van der Waals surface area contributed by atoms with Crippen LogP contribution < -0.4 is 0 Å². The molecule has 2 nitrogen and oxygen atoms in total. The summed E-state index contributed by atoms with van der Waals surface area (Å²) in [5.41, 5.74) is 0. The van der Waals surface area contributed by atoms with Crippen molar-refractivity contribution in [2.45, 2.75) is 32.6 Å². The second-order valence-electron chi connectivity index (χ2n) is 3.78. The molecule has 0 radical (unpaired) electrons. The van der Waals surface area contributed by atoms with Crippen molar-refractivity contribution in [1.29, 1.82) is 0 Å². The van der Waals surface area contributed by atoms with Crippen LogP contribution in [0.1, 0.15) is 32.6 Å². The molecule has 0 saturated heterocycles. The van der Waals surface area contributed by atoms with Gasteiger partial charge >= 0.3 is 5.97 Å². The number of ether oxygens (including phenoxy) is 1. The highest BCUT2D eigenvalue weighted by Crippen LogP contribution is 2.01. The lowest BCUT2D eigenvalue weighted by molar-refractivity contribution is -0.140. The SMILES string of the molecule is CC=CC=CC#CC=CC=CCCCCC(=O)OC. The Hall–Kier alpha value is -2.01. The summed E-state index contributed by atoms with van der Waals surface area (Å²) >= 11 is 0. The van der Waals surface area contributed by atoms with Crippen LogP contribution in [0.5, 0.6) is 0 Å². The van der Waals surface area contributed by atoms with E-state index in [2.05, 4.69) is 22.7 Å². The van der Waals surface area contributed by atoms with Gasteiger partial charge < -0.3 is 4.74 Å². The molecule has 0 unspecified atom stereocenters. The molecule has 0 atom stereocenters. The van der Waals surface area contributed by atoms with Gasteiger partial charge in [-0.25, -0.2) is 0 Å². The van der Waals surface area contributed by atoms with Crippen LogP contribution in [-0.2, 0) is 9.53 Å². The van der Waals surface area contributed by atoms with E-state index < -0.39 is 0 Å². The standard InChI is InChI=1S/C17H22O2/c1-3-4-5-6-7-8-9-10-11-12-13-14-15-16-17(18)19-2/h3-6,9-12H,13-16H2,1-2H3. The number of rotatable bonds is 7. The fraction of sp³-hybridized carbons (Fsp3) is 0.353. The molecule has 19 heavy (non-hydrogen) atoms. The lowest BCUT2D eigenvalue weighted by Gasteiger charge is -1.96. The lowest BCUT2D eigenvalue weighted by Crippen LogP contribution is -1.98. The molecule has 2 heteroatoms. The zero-order valence-electron chi connectivity index (χ0n) is 11.8. The van der Waals surface area contributed by atoms with Gasteiger partial charge in [-0.1, -0.05) is 48.3 Å². The van der Waals surface area contributed by atoms with Crippen LogP contribution >= 0.6 is 0 Å². The van der Waals surface area contributed by atoms with Gasteiger partial charge in [-0.2, -0.15) is 0 Å². The average molecular weight is 258 g/mol. The summed E-state index contributed by atoms with van der Waals surface area (Å²) in [6, 6.07) is 0. The molecule has 0 aromatic heterocycles. The third-order valence-electron chi connectivity index (χ3n) is 2.22. The fourth-order valence-corrected chi connectivity index (χ4v) is 1.22. The van der Waals surface area contributed by atoms with Gasteiger partial charge in [-0.15, -0.1) is 0 Å². The third-order valence-corrected chi connectivity index (χ3v) is 2.22. The van der Waals surface area contributed by atoms with Crippen molar-refractivity contribution in [3.63, 3.8) is 0 Å². The Morgan fingerprint density at radius 3 is 2.37 bits per heavy atom. The molecule has 0 rings (SSSR count). The Bertz CT molecular complexity index is 401. The summed E-state index contributed by atoms with van der Waals surface area (Å²) in [5.74, 6) is 5.67. The van der Waals surface area contributed by atoms with Crippen LogP contribution in [0.4, 0.5) is 0 Å². The Morgan fingerprint density at radius 1 is 1.05 bits per heavy atom. The summed E-state index contributed by atoms with van der Waals surface area (Å²) in [6.45, 7) is 1.97. The predicted octanol–water partition coefficient (Wildman–Crippen LogP) is 3.97. The number of allylic oxidation sites excluding steroid dienone is 8. The van der Waals surface area contributed by atoms with E-state index in [1.165, 1.54) is 7.11 Å². The minimum absolute atomic E-state index is 0.134. The average Bonchev–Trinajstić information content (AvgIpc) is 2.43. The highest BCUT2D eigenvalue weighted by atomic mass is 16.5. The van der Waals surface area contributed by atoms with Crippen molar-refractivity contribution < 1.29 is 9.53 Å². The van der Waals surface area contributed by atoms with E-state index in [-0.39, 0.29) is 5.97 Å². The Morgan fingerprint density at radius 2 is 1.74 bits per heavy atom. The molecule has 0 fully saturated rings. The molecule has 0 aliphatic carbocycles. The number of hydrogen-bond acceptors (Lipinski definition) is 2. The van der Waals surface area contributed by atoms with E-state index in [0.717, 1.165) is 19.3 Å². The van der Waals surface area contributed by atoms with Crippen molar-refractivity contribution in [3.05, 3.63) is 48.6 Å². The summed E-state index contributed by atoms with van der Waals surface area (Å²) in [7, 11) is 1.42. The highest BCUT2D eigenvalue weighted by molar-refractivity contribution is 5.68. The maximum atomic E-state index is 10.8. The number of hydrogen-bond donors (Lipinski definition) is 0. The molecule has 0 amide bonds. The van der Waals surface area contributed by atoms with E-state index in [0.29, 0.717) is 6.42 Å². The second kappa shape index (κ2) is 14.1. The summed E-state index contributed by atoms with van der Waals surface area (Å²) in [6.07, 6.45) is 18.7. The molecule has 0 aliphatic rings. The lowest BCUT2D eigenvalue weighted by atomic mass is 10.2. The number of unbranched alkanes of at least 4 members (excludes halogenated alkanes) is 2. The molecular formula is C17H22O2. The van der Waals surface area contributed by atoms with Gasteiger partial charge in [0, 0.05) is 6.42 Å². The molecule has 102 valence electrons. The van der Waals surface area contributed by atoms with Gasteiger partial charge in [-0.05, 0) is 38.3 Å². The molecule has 0 spiro atoms. The van der Waals surface area contributed by atoms with Gasteiger partial charge in [-0.3, -0.25) is 4.79 Å². The number of esters is 1. The quantitative estimate of drug-likeness (QED) is 0.299. The van der Waals surface area contributed by atoms with E-state index >= 15 is 0 Å². The van der Waals surface area contributed by atoms with E-state index in [1.54, 1.807) is 6.08 Å². The van der Waals surface area contributed by atoms with Gasteiger partial charge in [0.1, 0.15) is 0 Å². The van der Waals surface area contributed by atoms with Crippen molar-refractivity contribution in [2.75, 3.05) is 7.11 Å². The molecule has 0 saturated carbocycles. The molecule has 0 heterocycles. The van der Waals surface area contributed by atoms with Crippen LogP contribution in [-0.4, -0.2) is 13.1 Å². The van der Waals surface area contributed by atoms with Crippen LogP contribution in [0.25, 0.3) is 0 Å². The first-order valence-electron chi connectivity index (χ1n) is 6.48. The van der Waals surface area contributed by atoms with E-state index in [1.807, 2.05) is 43.4 Å². The Labute approximate surface area is 116 Å². The van der Waals surface area contributed by atoms with Gasteiger partial charge in [0.2, 0.25) is 0 Å². The number of methoxy groups -OCH3 is 1. The van der Waals surface area contributed by atoms with Crippen LogP contribution in [0.2, 0.25) is 0 Å². The monoisotopic (exact) mass is 258 g/mol. The van der Waals surface area contributed by atoms with Gasteiger partial charge in [0.05, 0.1) is 7.11 Å². The van der Waals surface area contributed by atoms with E-state index in [4.69, 9.17) is 0 Å². The second-order valence-corrected chi connectivity index (χ2v) is 3.78. The third kappa shape index (κ3) is 13.9. The topological polar surface area (TPSA) is 26.3 Å². The molecule has 0 aromatic carbocycles. The fourth-order valence-electron chi connectivity index (χ4n) is 1.22. The predicted molar refractivity (Wildman–Crippen MR) is 80.5 cm³/mol. The molecule has 0 bridgehead atoms. The first kappa shape index (κ1) is 17.0. The van der Waals surface area contributed by atoms with Gasteiger partial charge in [0.25, 0.3) is 0 Å². The zero-order chi connectivity index (χ0) is 14.2. The van der Waals surface area contributed by atoms with Crippen molar-refractivity contribution in [2.24, 2.45) is 0 Å². The van der Waals surface area contributed by atoms with Crippen molar-refractivity contribution in [3.8, 4) is 11.8 Å². The van der Waals surface area contributed by atoms with Gasteiger partial charge in [0.15, 0.2) is 0 Å². The van der Waals surface area contributed by atoms with E-state index in [9.17, 15) is 4.79 Å². The molecule has 0 aromatic rings. The van der Waals surface area contributed by atoms with Crippen molar-refractivity contribution in [1.82, 2.24) is 0 Å². The molecule has 0 aliphatic heterocycles. The smallest absolute Gasteiger partial charge is 0.305 e. The Kier molecular flexibility index (Phi) is 12.6. The first-order chi connectivity index (χ1) is 9.31. The summed E-state index contributed by atoms with van der Waals surface area (Å²) in [5, 5.41) is 0. The minimum Gasteiger partial charge on any atom is -0.469 e. The van der Waals surface area contributed by atoms with Crippen LogP contribution in [0.3, 0.4) is 0 Å². The van der Waals surface area contributed by atoms with Crippen LogP contribution in [0, 0.1) is 11.8 Å². The van der Waals surface area contributed by atoms with Crippen molar-refractivity contribution >= 4 is 5.97 Å². The highest BCUT2D eigenvalue weighted by Gasteiger charge is 1.97. The maximum Gasteiger partial charge on any atom is 0.305 e. The molecular weight excluding hydrogens is 236 g/mol. The zero-order valence-corrected chi connectivity index (χ0v) is 11.8. The molecule has 0 N–H and O–H groups in total. The maximum absolute atomic E-state index is 10.8.